The minimum absolute atomic E-state index is 0.123. The lowest BCUT2D eigenvalue weighted by molar-refractivity contribution is -0.137. The maximum Gasteiger partial charge on any atom is 0.245 e. The van der Waals surface area contributed by atoms with Gasteiger partial charge in [-0.2, -0.15) is 0 Å². The second-order valence-corrected chi connectivity index (χ2v) is 9.36. The molecule has 4 aromatic rings. The van der Waals surface area contributed by atoms with Crippen molar-refractivity contribution in [3.8, 4) is 28.3 Å². The molecule has 0 radical (unpaired) electrons. The van der Waals surface area contributed by atoms with Gasteiger partial charge in [0.15, 0.2) is 17.3 Å². The molecule has 0 bridgehead atoms. The van der Waals surface area contributed by atoms with E-state index in [-0.39, 0.29) is 24.4 Å². The molecule has 2 heterocycles. The fourth-order valence-electron chi connectivity index (χ4n) is 4.27. The van der Waals surface area contributed by atoms with Crippen LogP contribution >= 0.6 is 0 Å². The van der Waals surface area contributed by atoms with E-state index in [1.807, 2.05) is 75.5 Å². The zero-order chi connectivity index (χ0) is 27.9. The van der Waals surface area contributed by atoms with Gasteiger partial charge in [-0.25, -0.2) is 4.68 Å². The monoisotopic (exact) mass is 527 g/mol. The van der Waals surface area contributed by atoms with Gasteiger partial charge in [0.1, 0.15) is 6.54 Å². The van der Waals surface area contributed by atoms with Gasteiger partial charge in [-0.05, 0) is 56.2 Å². The standard InChI is InChI=1S/C30H33N5O4/c1-20(2)34(30(37)21(3)23-13-14-26(38-4)27(16-23)39-5)19-28(36)32-29-25(22-10-7-6-8-11-22)18-35(33-29)24-12-9-15-31-17-24/h6-18,20-21H,19H2,1-5H3,(H,32,33,36). The number of hydrogen-bond donors (Lipinski definition) is 1. The molecule has 39 heavy (non-hydrogen) atoms. The van der Waals surface area contributed by atoms with E-state index in [2.05, 4.69) is 15.4 Å². The van der Waals surface area contributed by atoms with Gasteiger partial charge in [0, 0.05) is 24.0 Å². The van der Waals surface area contributed by atoms with Crippen LogP contribution in [0.15, 0.2) is 79.3 Å². The van der Waals surface area contributed by atoms with E-state index in [9.17, 15) is 9.59 Å². The molecule has 0 aliphatic rings. The molecule has 0 saturated carbocycles. The molecule has 0 fully saturated rings. The number of methoxy groups -OCH3 is 2. The summed E-state index contributed by atoms with van der Waals surface area (Å²) >= 11 is 0. The summed E-state index contributed by atoms with van der Waals surface area (Å²) in [5, 5.41) is 7.56. The van der Waals surface area contributed by atoms with Crippen molar-refractivity contribution in [1.29, 1.82) is 0 Å². The number of aromatic nitrogens is 3. The molecular formula is C30H33N5O4. The fourth-order valence-corrected chi connectivity index (χ4v) is 4.27. The molecule has 0 aliphatic carbocycles. The molecular weight excluding hydrogens is 494 g/mol. The largest absolute Gasteiger partial charge is 0.493 e. The summed E-state index contributed by atoms with van der Waals surface area (Å²) in [6, 6.07) is 18.6. The number of benzene rings is 2. The van der Waals surface area contributed by atoms with Crippen LogP contribution in [0.5, 0.6) is 11.5 Å². The van der Waals surface area contributed by atoms with Crippen LogP contribution in [0.1, 0.15) is 32.3 Å². The Kier molecular flexibility index (Phi) is 8.60. The van der Waals surface area contributed by atoms with Gasteiger partial charge < -0.3 is 19.7 Å². The molecule has 0 aliphatic heterocycles. The van der Waals surface area contributed by atoms with Crippen molar-refractivity contribution in [3.63, 3.8) is 0 Å². The second kappa shape index (κ2) is 12.3. The first kappa shape index (κ1) is 27.4. The van der Waals surface area contributed by atoms with Crippen LogP contribution in [0.3, 0.4) is 0 Å². The van der Waals surface area contributed by atoms with E-state index >= 15 is 0 Å². The van der Waals surface area contributed by atoms with Gasteiger partial charge in [-0.3, -0.25) is 14.6 Å². The average molecular weight is 528 g/mol. The molecule has 2 amide bonds. The molecule has 0 spiro atoms. The smallest absolute Gasteiger partial charge is 0.245 e. The first-order valence-corrected chi connectivity index (χ1v) is 12.7. The molecule has 4 rings (SSSR count). The van der Waals surface area contributed by atoms with Crippen LogP contribution in [0.4, 0.5) is 5.82 Å². The number of nitrogens with zero attached hydrogens (tertiary/aromatic N) is 4. The zero-order valence-electron chi connectivity index (χ0n) is 22.8. The maximum absolute atomic E-state index is 13.6. The SMILES string of the molecule is COc1ccc(C(C)C(=O)N(CC(=O)Nc2nn(-c3cccnc3)cc2-c2ccccc2)C(C)C)cc1OC. The Morgan fingerprint density at radius 3 is 2.36 bits per heavy atom. The van der Waals surface area contributed by atoms with Crippen molar-refractivity contribution in [2.75, 3.05) is 26.1 Å². The zero-order valence-corrected chi connectivity index (χ0v) is 22.8. The summed E-state index contributed by atoms with van der Waals surface area (Å²) in [6.07, 6.45) is 5.24. The summed E-state index contributed by atoms with van der Waals surface area (Å²) in [7, 11) is 3.12. The molecule has 9 nitrogen and oxygen atoms in total. The molecule has 1 N–H and O–H groups in total. The number of carbonyl (C=O) groups is 2. The Balaban J connectivity index is 1.56. The highest BCUT2D eigenvalue weighted by atomic mass is 16.5. The fraction of sp³-hybridized carbons (Fsp3) is 0.267. The molecule has 2 aromatic heterocycles. The number of ether oxygens (including phenoxy) is 2. The Labute approximate surface area is 228 Å². The third-order valence-electron chi connectivity index (χ3n) is 6.47. The predicted molar refractivity (Wildman–Crippen MR) is 150 cm³/mol. The van der Waals surface area contributed by atoms with Crippen LogP contribution in [0, 0.1) is 0 Å². The van der Waals surface area contributed by atoms with Gasteiger partial charge in [0.05, 0.1) is 32.0 Å². The molecule has 1 unspecified atom stereocenters. The van der Waals surface area contributed by atoms with Crippen molar-refractivity contribution in [2.24, 2.45) is 0 Å². The van der Waals surface area contributed by atoms with Crippen molar-refractivity contribution in [1.82, 2.24) is 19.7 Å². The third-order valence-corrected chi connectivity index (χ3v) is 6.47. The maximum atomic E-state index is 13.6. The minimum Gasteiger partial charge on any atom is -0.493 e. The number of hydrogen-bond acceptors (Lipinski definition) is 6. The Morgan fingerprint density at radius 1 is 0.974 bits per heavy atom. The summed E-state index contributed by atoms with van der Waals surface area (Å²) < 4.78 is 12.4. The van der Waals surface area contributed by atoms with Crippen LogP contribution in [-0.2, 0) is 9.59 Å². The average Bonchev–Trinajstić information content (AvgIpc) is 3.39. The van der Waals surface area contributed by atoms with Crippen molar-refractivity contribution in [2.45, 2.75) is 32.7 Å². The van der Waals surface area contributed by atoms with Crippen LogP contribution in [-0.4, -0.2) is 58.3 Å². The second-order valence-electron chi connectivity index (χ2n) is 9.36. The topological polar surface area (TPSA) is 98.6 Å². The molecule has 2 aromatic carbocycles. The highest BCUT2D eigenvalue weighted by molar-refractivity contribution is 5.97. The lowest BCUT2D eigenvalue weighted by Crippen LogP contribution is -2.44. The Morgan fingerprint density at radius 2 is 1.72 bits per heavy atom. The van der Waals surface area contributed by atoms with E-state index in [1.54, 1.807) is 48.3 Å². The van der Waals surface area contributed by atoms with Gasteiger partial charge in [0.25, 0.3) is 0 Å². The summed E-state index contributed by atoms with van der Waals surface area (Å²) in [6.45, 7) is 5.47. The number of nitrogens with one attached hydrogen (secondary N) is 1. The summed E-state index contributed by atoms with van der Waals surface area (Å²) in [4.78, 5) is 32.6. The summed E-state index contributed by atoms with van der Waals surface area (Å²) in [5.41, 5.74) is 3.19. The number of rotatable bonds is 10. The normalized spacial score (nSPS) is 11.6. The molecule has 202 valence electrons. The molecule has 9 heteroatoms. The molecule has 0 saturated heterocycles. The molecule has 1 atom stereocenters. The number of anilines is 1. The van der Waals surface area contributed by atoms with Crippen molar-refractivity contribution < 1.29 is 19.1 Å². The summed E-state index contributed by atoms with van der Waals surface area (Å²) in [5.74, 6) is 0.521. The van der Waals surface area contributed by atoms with E-state index in [4.69, 9.17) is 9.47 Å². The van der Waals surface area contributed by atoms with Crippen LogP contribution in [0.2, 0.25) is 0 Å². The lowest BCUT2D eigenvalue weighted by atomic mass is 9.98. The number of carbonyl (C=O) groups excluding carboxylic acids is 2. The van der Waals surface area contributed by atoms with Gasteiger partial charge in [-0.1, -0.05) is 36.4 Å². The van der Waals surface area contributed by atoms with Gasteiger partial charge >= 0.3 is 0 Å². The highest BCUT2D eigenvalue weighted by Gasteiger charge is 2.27. The Bertz CT molecular complexity index is 1420. The van der Waals surface area contributed by atoms with E-state index in [0.29, 0.717) is 17.3 Å². The van der Waals surface area contributed by atoms with E-state index < -0.39 is 5.92 Å². The highest BCUT2D eigenvalue weighted by Crippen LogP contribution is 2.32. The lowest BCUT2D eigenvalue weighted by Gasteiger charge is -2.29. The third kappa shape index (κ3) is 6.26. The number of pyridine rings is 1. The Hall–Kier alpha value is -4.66. The van der Waals surface area contributed by atoms with Crippen LogP contribution in [0.25, 0.3) is 16.8 Å². The predicted octanol–water partition coefficient (Wildman–Crippen LogP) is 4.93. The van der Waals surface area contributed by atoms with Crippen molar-refractivity contribution >= 4 is 17.6 Å². The quantitative estimate of drug-likeness (QED) is 0.314. The van der Waals surface area contributed by atoms with Crippen LogP contribution < -0.4 is 14.8 Å². The van der Waals surface area contributed by atoms with Gasteiger partial charge in [-0.15, -0.1) is 5.10 Å². The first-order chi connectivity index (χ1) is 18.8. The number of amides is 2. The van der Waals surface area contributed by atoms with Gasteiger partial charge in [0.2, 0.25) is 11.8 Å². The first-order valence-electron chi connectivity index (χ1n) is 12.7. The minimum atomic E-state index is -0.496. The van der Waals surface area contributed by atoms with E-state index in [0.717, 1.165) is 22.4 Å². The van der Waals surface area contributed by atoms with Crippen molar-refractivity contribution in [3.05, 3.63) is 84.8 Å². The van der Waals surface area contributed by atoms with E-state index in [1.165, 1.54) is 0 Å².